The van der Waals surface area contributed by atoms with E-state index >= 15 is 0 Å². The van der Waals surface area contributed by atoms with Gasteiger partial charge in [0.25, 0.3) is 0 Å². The Balaban J connectivity index is 4.61. The molecule has 0 aromatic carbocycles. The molecule has 0 saturated carbocycles. The van der Waals surface area contributed by atoms with Gasteiger partial charge in [-0.05, 0) is 67.3 Å². The van der Waals surface area contributed by atoms with E-state index in [-0.39, 0.29) is 12.8 Å². The lowest BCUT2D eigenvalue weighted by atomic mass is 10.1. The Kier molecular flexibility index (Phi) is 11.8. The Morgan fingerprint density at radius 1 is 0.893 bits per heavy atom. The molecule has 0 aromatic heterocycles. The first-order valence-electron chi connectivity index (χ1n) is 10.0. The number of nitrogens with two attached hydrogens (primary N) is 1. The zero-order valence-corrected chi connectivity index (χ0v) is 18.4. The third kappa shape index (κ3) is 15.2. The van der Waals surface area contributed by atoms with Gasteiger partial charge in [-0.15, -0.1) is 0 Å². The standard InChI is InChI=1S/C20H39N3O5/c1-19(2,3)27-16(24)12-11-15(17(25)28-20(4,5)6)23-18(26)22-14-10-8-7-9-13-21/h15H,7-14,21H2,1-6H3,(H2,22,23,26)/t15-/m0/s1. The van der Waals surface area contributed by atoms with Crippen molar-refractivity contribution in [3.8, 4) is 0 Å². The van der Waals surface area contributed by atoms with Gasteiger partial charge < -0.3 is 25.8 Å². The minimum absolute atomic E-state index is 0.000544. The number of rotatable bonds is 11. The van der Waals surface area contributed by atoms with Crippen molar-refractivity contribution < 1.29 is 23.9 Å². The number of esters is 2. The van der Waals surface area contributed by atoms with Crippen molar-refractivity contribution in [3.63, 3.8) is 0 Å². The average Bonchev–Trinajstić information content (AvgIpc) is 2.51. The van der Waals surface area contributed by atoms with E-state index in [0.717, 1.165) is 25.7 Å². The first kappa shape index (κ1) is 26.2. The number of hydrogen-bond acceptors (Lipinski definition) is 6. The summed E-state index contributed by atoms with van der Waals surface area (Å²) in [5.41, 5.74) is 4.15. The zero-order chi connectivity index (χ0) is 21.8. The summed E-state index contributed by atoms with van der Waals surface area (Å²) >= 11 is 0. The summed E-state index contributed by atoms with van der Waals surface area (Å²) in [6, 6.07) is -1.39. The number of carbonyl (C=O) groups is 3. The van der Waals surface area contributed by atoms with Crippen LogP contribution in [0.4, 0.5) is 4.79 Å². The molecule has 0 heterocycles. The Hall–Kier alpha value is -1.83. The molecule has 164 valence electrons. The molecule has 0 spiro atoms. The lowest BCUT2D eigenvalue weighted by Gasteiger charge is -2.25. The number of unbranched alkanes of at least 4 members (excludes halogenated alkanes) is 3. The molecule has 0 aliphatic rings. The van der Waals surface area contributed by atoms with Crippen LogP contribution in [-0.4, -0.2) is 48.3 Å². The number of nitrogens with one attached hydrogen (secondary N) is 2. The first-order chi connectivity index (χ1) is 12.8. The van der Waals surface area contributed by atoms with Crippen molar-refractivity contribution in [1.82, 2.24) is 10.6 Å². The fourth-order valence-electron chi connectivity index (χ4n) is 2.31. The monoisotopic (exact) mass is 401 g/mol. The van der Waals surface area contributed by atoms with E-state index < -0.39 is 35.2 Å². The molecule has 0 aliphatic carbocycles. The van der Waals surface area contributed by atoms with E-state index in [9.17, 15) is 14.4 Å². The lowest BCUT2D eigenvalue weighted by Crippen LogP contribution is -2.48. The van der Waals surface area contributed by atoms with Crippen molar-refractivity contribution in [2.24, 2.45) is 5.73 Å². The van der Waals surface area contributed by atoms with Gasteiger partial charge in [0.15, 0.2) is 0 Å². The van der Waals surface area contributed by atoms with E-state index in [1.807, 2.05) is 0 Å². The van der Waals surface area contributed by atoms with E-state index in [0.29, 0.717) is 13.1 Å². The molecule has 0 aromatic rings. The average molecular weight is 402 g/mol. The SMILES string of the molecule is CC(C)(C)OC(=O)CC[C@H](NC(=O)NCCCCCCN)C(=O)OC(C)(C)C. The number of ether oxygens (including phenoxy) is 2. The van der Waals surface area contributed by atoms with Gasteiger partial charge in [-0.25, -0.2) is 9.59 Å². The largest absolute Gasteiger partial charge is 0.460 e. The third-order valence-electron chi connectivity index (χ3n) is 3.47. The van der Waals surface area contributed by atoms with Gasteiger partial charge in [-0.1, -0.05) is 12.8 Å². The van der Waals surface area contributed by atoms with Gasteiger partial charge >= 0.3 is 18.0 Å². The molecule has 0 fully saturated rings. The van der Waals surface area contributed by atoms with Crippen molar-refractivity contribution in [2.75, 3.05) is 13.1 Å². The normalized spacial score (nSPS) is 12.8. The van der Waals surface area contributed by atoms with Crippen LogP contribution >= 0.6 is 0 Å². The Bertz CT molecular complexity index is 495. The molecule has 1 atom stereocenters. The van der Waals surface area contributed by atoms with Gasteiger partial charge in [-0.3, -0.25) is 4.79 Å². The predicted octanol–water partition coefficient (Wildman–Crippen LogP) is 2.64. The number of amides is 2. The van der Waals surface area contributed by atoms with Crippen LogP contribution in [0.15, 0.2) is 0 Å². The lowest BCUT2D eigenvalue weighted by molar-refractivity contribution is -0.158. The van der Waals surface area contributed by atoms with Crippen molar-refractivity contribution in [3.05, 3.63) is 0 Å². The minimum atomic E-state index is -0.927. The van der Waals surface area contributed by atoms with Crippen LogP contribution in [0.1, 0.15) is 80.1 Å². The van der Waals surface area contributed by atoms with Crippen molar-refractivity contribution in [1.29, 1.82) is 0 Å². The topological polar surface area (TPSA) is 120 Å². The predicted molar refractivity (Wildman–Crippen MR) is 109 cm³/mol. The molecule has 0 bridgehead atoms. The number of urea groups is 1. The molecule has 0 unspecified atom stereocenters. The Morgan fingerprint density at radius 3 is 2.00 bits per heavy atom. The summed E-state index contributed by atoms with van der Waals surface area (Å²) in [6.45, 7) is 11.7. The molecule has 8 nitrogen and oxygen atoms in total. The van der Waals surface area contributed by atoms with E-state index in [1.165, 1.54) is 0 Å². The van der Waals surface area contributed by atoms with Crippen LogP contribution in [0.25, 0.3) is 0 Å². The molecular formula is C20H39N3O5. The second kappa shape index (κ2) is 12.6. The maximum atomic E-state index is 12.4. The van der Waals surface area contributed by atoms with Crippen LogP contribution in [0.5, 0.6) is 0 Å². The molecule has 0 aliphatic heterocycles. The smallest absolute Gasteiger partial charge is 0.329 e. The zero-order valence-electron chi connectivity index (χ0n) is 18.4. The second-order valence-electron chi connectivity index (χ2n) is 8.81. The molecule has 2 amide bonds. The molecule has 4 N–H and O–H groups in total. The fraction of sp³-hybridized carbons (Fsp3) is 0.850. The van der Waals surface area contributed by atoms with Crippen LogP contribution < -0.4 is 16.4 Å². The van der Waals surface area contributed by atoms with E-state index in [4.69, 9.17) is 15.2 Å². The fourth-order valence-corrected chi connectivity index (χ4v) is 2.31. The summed E-state index contributed by atoms with van der Waals surface area (Å²) in [7, 11) is 0. The third-order valence-corrected chi connectivity index (χ3v) is 3.47. The molecule has 8 heteroatoms. The maximum Gasteiger partial charge on any atom is 0.329 e. The molecule has 0 radical (unpaired) electrons. The Morgan fingerprint density at radius 2 is 1.46 bits per heavy atom. The van der Waals surface area contributed by atoms with Crippen molar-refractivity contribution >= 4 is 18.0 Å². The summed E-state index contributed by atoms with van der Waals surface area (Å²) in [5, 5.41) is 5.34. The highest BCUT2D eigenvalue weighted by Gasteiger charge is 2.28. The van der Waals surface area contributed by atoms with Gasteiger partial charge in [0, 0.05) is 13.0 Å². The van der Waals surface area contributed by atoms with Gasteiger partial charge in [-0.2, -0.15) is 0 Å². The Labute approximate surface area is 169 Å². The maximum absolute atomic E-state index is 12.4. The highest BCUT2D eigenvalue weighted by atomic mass is 16.6. The number of carbonyl (C=O) groups excluding carboxylic acids is 3. The molecular weight excluding hydrogens is 362 g/mol. The van der Waals surface area contributed by atoms with Crippen LogP contribution in [0, 0.1) is 0 Å². The quantitative estimate of drug-likeness (QED) is 0.362. The number of hydrogen-bond donors (Lipinski definition) is 3. The molecule has 0 saturated heterocycles. The minimum Gasteiger partial charge on any atom is -0.460 e. The van der Waals surface area contributed by atoms with Gasteiger partial charge in [0.2, 0.25) is 0 Å². The van der Waals surface area contributed by atoms with Crippen molar-refractivity contribution in [2.45, 2.75) is 97.3 Å². The van der Waals surface area contributed by atoms with Gasteiger partial charge in [0.1, 0.15) is 17.2 Å². The highest BCUT2D eigenvalue weighted by Crippen LogP contribution is 2.13. The van der Waals surface area contributed by atoms with Gasteiger partial charge in [0.05, 0.1) is 0 Å². The summed E-state index contributed by atoms with van der Waals surface area (Å²) in [6.07, 6.45) is 3.91. The summed E-state index contributed by atoms with van der Waals surface area (Å²) in [5.74, 6) is -1.00. The first-order valence-corrected chi connectivity index (χ1v) is 10.0. The van der Waals surface area contributed by atoms with Crippen LogP contribution in [0.2, 0.25) is 0 Å². The van der Waals surface area contributed by atoms with Crippen LogP contribution in [0.3, 0.4) is 0 Å². The molecule has 28 heavy (non-hydrogen) atoms. The highest BCUT2D eigenvalue weighted by molar-refractivity contribution is 5.84. The van der Waals surface area contributed by atoms with E-state index in [1.54, 1.807) is 41.5 Å². The van der Waals surface area contributed by atoms with E-state index in [2.05, 4.69) is 10.6 Å². The second-order valence-corrected chi connectivity index (χ2v) is 8.81. The summed E-state index contributed by atoms with van der Waals surface area (Å²) in [4.78, 5) is 36.5. The van der Waals surface area contributed by atoms with Crippen LogP contribution in [-0.2, 0) is 19.1 Å². The molecule has 0 rings (SSSR count). The summed E-state index contributed by atoms with van der Waals surface area (Å²) < 4.78 is 10.6.